The second kappa shape index (κ2) is 7.22. The lowest BCUT2D eigenvalue weighted by atomic mass is 10.2. The van der Waals surface area contributed by atoms with E-state index in [1.807, 2.05) is 44.2 Å². The number of aromatic nitrogens is 1. The first kappa shape index (κ1) is 19.0. The Labute approximate surface area is 165 Å². The van der Waals surface area contributed by atoms with Crippen LogP contribution in [0.5, 0.6) is 5.75 Å². The first-order valence-corrected chi connectivity index (χ1v) is 11.0. The summed E-state index contributed by atoms with van der Waals surface area (Å²) in [4.78, 5) is 12.3. The molecule has 1 saturated carbocycles. The van der Waals surface area contributed by atoms with Crippen molar-refractivity contribution in [3.63, 3.8) is 0 Å². The van der Waals surface area contributed by atoms with E-state index in [4.69, 9.17) is 4.74 Å². The molecule has 7 heteroatoms. The molecule has 4 rings (SSSR count). The maximum Gasteiger partial charge on any atom is 0.254 e. The Morgan fingerprint density at radius 2 is 1.75 bits per heavy atom. The van der Waals surface area contributed by atoms with Crippen LogP contribution in [-0.2, 0) is 10.0 Å². The number of aryl methyl sites for hydroxylation is 2. The zero-order valence-electron chi connectivity index (χ0n) is 16.0. The van der Waals surface area contributed by atoms with Crippen LogP contribution in [0.25, 0.3) is 6.08 Å². The van der Waals surface area contributed by atoms with E-state index in [0.717, 1.165) is 29.7 Å². The summed E-state index contributed by atoms with van der Waals surface area (Å²) < 4.78 is 33.8. The Morgan fingerprint density at radius 1 is 1.07 bits per heavy atom. The van der Waals surface area contributed by atoms with Crippen molar-refractivity contribution >= 4 is 16.1 Å². The third-order valence-corrected chi connectivity index (χ3v) is 6.63. The highest BCUT2D eigenvalue weighted by Crippen LogP contribution is 2.35. The fraction of sp³-hybridized carbons (Fsp3) is 0.381. The molecule has 0 N–H and O–H groups in total. The second-order valence-corrected chi connectivity index (χ2v) is 9.41. The third kappa shape index (κ3) is 4.05. The number of sulfonamides is 1. The molecule has 1 saturated heterocycles. The van der Waals surface area contributed by atoms with E-state index in [1.165, 1.54) is 15.8 Å². The van der Waals surface area contributed by atoms with Gasteiger partial charge in [0.2, 0.25) is 10.0 Å². The lowest BCUT2D eigenvalue weighted by molar-refractivity contribution is 0.0768. The minimum atomic E-state index is -3.48. The SMILES string of the molecule is Cc1ccc(/C=C/S(=O)(=O)N2CC(Oc3cc(C)n(C4CC4)c(=O)c3)C2)cc1. The molecule has 1 aliphatic heterocycles. The molecule has 6 nitrogen and oxygen atoms in total. The van der Waals surface area contributed by atoms with Crippen LogP contribution in [0, 0.1) is 13.8 Å². The topological polar surface area (TPSA) is 68.6 Å². The van der Waals surface area contributed by atoms with Crippen LogP contribution in [0.2, 0.25) is 0 Å². The zero-order valence-corrected chi connectivity index (χ0v) is 16.9. The molecule has 1 aromatic heterocycles. The third-order valence-electron chi connectivity index (χ3n) is 5.13. The Morgan fingerprint density at radius 3 is 2.36 bits per heavy atom. The summed E-state index contributed by atoms with van der Waals surface area (Å²) in [5.41, 5.74) is 2.80. The van der Waals surface area contributed by atoms with Crippen molar-refractivity contribution in [1.82, 2.24) is 8.87 Å². The van der Waals surface area contributed by atoms with Crippen LogP contribution in [0.1, 0.15) is 35.7 Å². The van der Waals surface area contributed by atoms with Crippen molar-refractivity contribution in [3.8, 4) is 5.75 Å². The number of nitrogens with zero attached hydrogens (tertiary/aromatic N) is 2. The van der Waals surface area contributed by atoms with Gasteiger partial charge in [0.15, 0.2) is 0 Å². The molecule has 2 fully saturated rings. The smallest absolute Gasteiger partial charge is 0.254 e. The second-order valence-electron chi connectivity index (χ2n) is 7.59. The van der Waals surface area contributed by atoms with Gasteiger partial charge in [0.1, 0.15) is 11.9 Å². The summed E-state index contributed by atoms with van der Waals surface area (Å²) in [5.74, 6) is 0.511. The maximum absolute atomic E-state index is 12.4. The van der Waals surface area contributed by atoms with E-state index in [9.17, 15) is 13.2 Å². The van der Waals surface area contributed by atoms with Gasteiger partial charge in [-0.3, -0.25) is 4.79 Å². The molecule has 148 valence electrons. The fourth-order valence-electron chi connectivity index (χ4n) is 3.35. The van der Waals surface area contributed by atoms with Crippen molar-refractivity contribution in [2.45, 2.75) is 38.8 Å². The summed E-state index contributed by atoms with van der Waals surface area (Å²) in [6.07, 6.45) is 3.46. The van der Waals surface area contributed by atoms with Crippen molar-refractivity contribution in [3.05, 3.63) is 69.0 Å². The predicted molar refractivity (Wildman–Crippen MR) is 109 cm³/mol. The van der Waals surface area contributed by atoms with Gasteiger partial charge in [-0.1, -0.05) is 29.8 Å². The molecule has 1 aliphatic carbocycles. The molecule has 0 atom stereocenters. The normalized spacial score (nSPS) is 18.4. The highest BCUT2D eigenvalue weighted by atomic mass is 32.2. The van der Waals surface area contributed by atoms with Crippen molar-refractivity contribution in [2.75, 3.05) is 13.1 Å². The number of benzene rings is 1. The average Bonchev–Trinajstić information content (AvgIpc) is 3.41. The van der Waals surface area contributed by atoms with Gasteiger partial charge in [0.25, 0.3) is 5.56 Å². The highest BCUT2D eigenvalue weighted by molar-refractivity contribution is 7.92. The molecule has 2 aliphatic rings. The lowest BCUT2D eigenvalue weighted by Gasteiger charge is -2.37. The van der Waals surface area contributed by atoms with Gasteiger partial charge in [0, 0.05) is 23.2 Å². The van der Waals surface area contributed by atoms with Crippen LogP contribution in [0.3, 0.4) is 0 Å². The Hall–Kier alpha value is -2.38. The molecular weight excluding hydrogens is 376 g/mol. The van der Waals surface area contributed by atoms with Crippen LogP contribution in [-0.4, -0.2) is 36.5 Å². The van der Waals surface area contributed by atoms with E-state index in [1.54, 1.807) is 10.6 Å². The molecule has 0 radical (unpaired) electrons. The summed E-state index contributed by atoms with van der Waals surface area (Å²) >= 11 is 0. The first-order valence-electron chi connectivity index (χ1n) is 9.46. The van der Waals surface area contributed by atoms with Crippen molar-refractivity contribution < 1.29 is 13.2 Å². The van der Waals surface area contributed by atoms with E-state index < -0.39 is 10.0 Å². The van der Waals surface area contributed by atoms with E-state index in [0.29, 0.717) is 11.8 Å². The molecule has 0 spiro atoms. The standard InChI is InChI=1S/C21H24N2O4S/c1-15-3-5-17(6-4-15)9-10-28(25,26)22-13-20(14-22)27-19-11-16(2)23(18-7-8-18)21(24)12-19/h3-6,9-12,18,20H,7-8,13-14H2,1-2H3/b10-9+. The molecule has 0 bridgehead atoms. The van der Waals surface area contributed by atoms with Gasteiger partial charge in [-0.15, -0.1) is 0 Å². The minimum Gasteiger partial charge on any atom is -0.487 e. The number of hydrogen-bond acceptors (Lipinski definition) is 4. The van der Waals surface area contributed by atoms with Gasteiger partial charge in [-0.25, -0.2) is 8.42 Å². The zero-order chi connectivity index (χ0) is 19.9. The lowest BCUT2D eigenvalue weighted by Crippen LogP contribution is -2.55. The fourth-order valence-corrected chi connectivity index (χ4v) is 4.60. The molecule has 0 unspecified atom stereocenters. The van der Waals surface area contributed by atoms with E-state index in [2.05, 4.69) is 0 Å². The molecule has 2 heterocycles. The van der Waals surface area contributed by atoms with Crippen molar-refractivity contribution in [1.29, 1.82) is 0 Å². The summed E-state index contributed by atoms with van der Waals surface area (Å²) in [6, 6.07) is 11.3. The Kier molecular flexibility index (Phi) is 4.89. The summed E-state index contributed by atoms with van der Waals surface area (Å²) in [6.45, 7) is 4.45. The number of pyridine rings is 1. The molecule has 1 aromatic carbocycles. The van der Waals surface area contributed by atoms with Crippen molar-refractivity contribution in [2.24, 2.45) is 0 Å². The Balaban J connectivity index is 1.36. The van der Waals surface area contributed by atoms with Gasteiger partial charge < -0.3 is 9.30 Å². The summed E-state index contributed by atoms with van der Waals surface area (Å²) in [5, 5.41) is 1.23. The van der Waals surface area contributed by atoms with Gasteiger partial charge >= 0.3 is 0 Å². The number of hydrogen-bond donors (Lipinski definition) is 0. The number of rotatable bonds is 6. The molecule has 2 aromatic rings. The molecular formula is C21H24N2O4S. The van der Waals surface area contributed by atoms with Gasteiger partial charge in [0.05, 0.1) is 13.1 Å². The van der Waals surface area contributed by atoms with Crippen LogP contribution in [0.15, 0.2) is 46.6 Å². The largest absolute Gasteiger partial charge is 0.487 e. The quantitative estimate of drug-likeness (QED) is 0.748. The first-order chi connectivity index (χ1) is 13.3. The predicted octanol–water partition coefficient (Wildman–Crippen LogP) is 2.86. The van der Waals surface area contributed by atoms with Gasteiger partial charge in [-0.05, 0) is 44.4 Å². The number of ether oxygens (including phenoxy) is 1. The van der Waals surface area contributed by atoms with E-state index in [-0.39, 0.29) is 24.8 Å². The average molecular weight is 401 g/mol. The molecule has 28 heavy (non-hydrogen) atoms. The van der Waals surface area contributed by atoms with Crippen LogP contribution < -0.4 is 10.3 Å². The Bertz CT molecular complexity index is 1060. The van der Waals surface area contributed by atoms with E-state index >= 15 is 0 Å². The molecule has 0 amide bonds. The van der Waals surface area contributed by atoms with Crippen LogP contribution in [0.4, 0.5) is 0 Å². The maximum atomic E-state index is 12.4. The minimum absolute atomic E-state index is 0.0534. The monoisotopic (exact) mass is 400 g/mol. The summed E-state index contributed by atoms with van der Waals surface area (Å²) in [7, 11) is -3.48. The van der Waals surface area contributed by atoms with Crippen LogP contribution >= 0.6 is 0 Å². The van der Waals surface area contributed by atoms with Gasteiger partial charge in [-0.2, -0.15) is 4.31 Å². The highest BCUT2D eigenvalue weighted by Gasteiger charge is 2.36.